The average molecular weight is 439 g/mol. The molecule has 0 radical (unpaired) electrons. The first-order chi connectivity index (χ1) is 9.93. The molecular weight excluding hydrogens is 422 g/mol. The summed E-state index contributed by atoms with van der Waals surface area (Å²) in [4.78, 5) is 2.90. The van der Waals surface area contributed by atoms with Crippen molar-refractivity contribution in [3.05, 3.63) is 31.1 Å². The van der Waals surface area contributed by atoms with Crippen LogP contribution in [-0.4, -0.2) is 47.5 Å². The van der Waals surface area contributed by atoms with Crippen LogP contribution in [0.1, 0.15) is 16.7 Å². The monoisotopic (exact) mass is 437 g/mol. The molecule has 0 aliphatic rings. The number of hydrogen-bond donors (Lipinski definition) is 1. The number of halogens is 2. The topological polar surface area (TPSA) is 50.5 Å². The first-order valence-electron chi connectivity index (χ1n) is 6.31. The zero-order valence-corrected chi connectivity index (χ0v) is 16.0. The van der Waals surface area contributed by atoms with E-state index in [4.69, 9.17) is 4.74 Å². The average Bonchev–Trinajstić information content (AvgIpc) is 2.99. The zero-order valence-electron chi connectivity index (χ0n) is 12.0. The van der Waals surface area contributed by atoms with Crippen molar-refractivity contribution in [3.63, 3.8) is 0 Å². The lowest BCUT2D eigenvalue weighted by Crippen LogP contribution is -2.21. The number of aliphatic hydroxyl groups is 1. The Labute approximate surface area is 144 Å². The van der Waals surface area contributed by atoms with Gasteiger partial charge in [-0.1, -0.05) is 0 Å². The molecule has 21 heavy (non-hydrogen) atoms. The second kappa shape index (κ2) is 7.23. The molecule has 2 heterocycles. The van der Waals surface area contributed by atoms with Gasteiger partial charge in [0, 0.05) is 15.9 Å². The van der Waals surface area contributed by atoms with E-state index in [0.29, 0.717) is 18.0 Å². The Morgan fingerprint density at radius 1 is 1.48 bits per heavy atom. The van der Waals surface area contributed by atoms with E-state index in [1.165, 1.54) is 11.3 Å². The lowest BCUT2D eigenvalue weighted by atomic mass is 10.2. The van der Waals surface area contributed by atoms with Crippen LogP contribution in [0.3, 0.4) is 0 Å². The molecule has 2 aromatic heterocycles. The zero-order chi connectivity index (χ0) is 15.6. The third kappa shape index (κ3) is 3.87. The molecule has 1 atom stereocenters. The Morgan fingerprint density at radius 2 is 2.19 bits per heavy atom. The molecule has 0 aromatic carbocycles. The number of methoxy groups -OCH3 is 1. The van der Waals surface area contributed by atoms with E-state index in [0.717, 1.165) is 19.7 Å². The number of ether oxygens (including phenoxy) is 1. The van der Waals surface area contributed by atoms with Gasteiger partial charge >= 0.3 is 0 Å². The van der Waals surface area contributed by atoms with Crippen molar-refractivity contribution in [3.8, 4) is 5.75 Å². The maximum atomic E-state index is 10.7. The summed E-state index contributed by atoms with van der Waals surface area (Å²) in [6.45, 7) is 1.53. The number of thiophene rings is 1. The fraction of sp³-hybridized carbons (Fsp3) is 0.462. The van der Waals surface area contributed by atoms with Gasteiger partial charge in [-0.05, 0) is 52.0 Å². The first-order valence-corrected chi connectivity index (χ1v) is 8.71. The van der Waals surface area contributed by atoms with Crippen LogP contribution in [0, 0.1) is 0 Å². The maximum Gasteiger partial charge on any atom is 0.163 e. The Hall–Kier alpha value is -0.410. The highest BCUT2D eigenvalue weighted by Gasteiger charge is 2.24. The van der Waals surface area contributed by atoms with E-state index in [1.807, 2.05) is 20.2 Å². The number of aliphatic hydroxyl groups excluding tert-OH is 1. The summed E-state index contributed by atoms with van der Waals surface area (Å²) in [6.07, 6.45) is 0.878. The summed E-state index contributed by atoms with van der Waals surface area (Å²) in [7, 11) is 5.60. The van der Waals surface area contributed by atoms with Crippen molar-refractivity contribution in [1.29, 1.82) is 0 Å². The fourth-order valence-corrected chi connectivity index (χ4v) is 4.00. The van der Waals surface area contributed by atoms with Gasteiger partial charge in [0.1, 0.15) is 11.8 Å². The van der Waals surface area contributed by atoms with E-state index in [2.05, 4.69) is 41.9 Å². The molecule has 0 saturated heterocycles. The van der Waals surface area contributed by atoms with Crippen molar-refractivity contribution in [2.75, 3.05) is 27.7 Å². The van der Waals surface area contributed by atoms with Crippen LogP contribution in [0.2, 0.25) is 0 Å². The van der Waals surface area contributed by atoms with Gasteiger partial charge in [-0.25, -0.2) is 0 Å². The van der Waals surface area contributed by atoms with Crippen LogP contribution in [-0.2, 0) is 6.54 Å². The highest BCUT2D eigenvalue weighted by atomic mass is 79.9. The van der Waals surface area contributed by atoms with Crippen molar-refractivity contribution in [2.24, 2.45) is 0 Å². The van der Waals surface area contributed by atoms with Gasteiger partial charge in [-0.2, -0.15) is 5.10 Å². The third-order valence-corrected chi connectivity index (χ3v) is 6.33. The number of rotatable bonds is 6. The SMILES string of the molecule is COc1cnn(CCN(C)C)c1C(O)c1cc(Br)c(Br)s1. The van der Waals surface area contributed by atoms with E-state index >= 15 is 0 Å². The predicted octanol–water partition coefficient (Wildman–Crippen LogP) is 3.12. The van der Waals surface area contributed by atoms with Crippen molar-refractivity contribution < 1.29 is 9.84 Å². The normalized spacial score (nSPS) is 12.9. The first kappa shape index (κ1) is 17.0. The smallest absolute Gasteiger partial charge is 0.163 e. The standard InChI is InChI=1S/C13H17Br2N3O2S/c1-17(2)4-5-18-11(9(20-3)7-16-18)12(19)10-6-8(14)13(15)21-10/h6-7,12,19H,4-5H2,1-3H3. The minimum absolute atomic E-state index is 0.599. The minimum Gasteiger partial charge on any atom is -0.493 e. The number of likely N-dealkylation sites (N-methyl/N-ethyl adjacent to an activating group) is 1. The quantitative estimate of drug-likeness (QED) is 0.752. The molecule has 116 valence electrons. The molecule has 8 heteroatoms. The molecule has 1 unspecified atom stereocenters. The summed E-state index contributed by atoms with van der Waals surface area (Å²) in [5, 5.41) is 15.0. The van der Waals surface area contributed by atoms with Gasteiger partial charge in [0.15, 0.2) is 5.75 Å². The van der Waals surface area contributed by atoms with Crippen LogP contribution < -0.4 is 4.74 Å². The summed E-state index contributed by atoms with van der Waals surface area (Å²) < 4.78 is 9.02. The molecule has 0 spiro atoms. The van der Waals surface area contributed by atoms with Gasteiger partial charge in [0.05, 0.1) is 23.6 Å². The molecule has 0 aliphatic carbocycles. The lowest BCUT2D eigenvalue weighted by Gasteiger charge is -2.15. The molecule has 1 N–H and O–H groups in total. The molecule has 0 bridgehead atoms. The lowest BCUT2D eigenvalue weighted by molar-refractivity contribution is 0.203. The largest absolute Gasteiger partial charge is 0.493 e. The second-order valence-corrected chi connectivity index (χ2v) is 8.05. The molecule has 2 aromatic rings. The molecule has 2 rings (SSSR count). The summed E-state index contributed by atoms with van der Waals surface area (Å²) in [5.41, 5.74) is 0.681. The Morgan fingerprint density at radius 3 is 2.71 bits per heavy atom. The minimum atomic E-state index is -0.766. The third-order valence-electron chi connectivity index (χ3n) is 3.02. The molecule has 0 fully saturated rings. The number of nitrogens with zero attached hydrogens (tertiary/aromatic N) is 3. The van der Waals surface area contributed by atoms with Gasteiger partial charge in [-0.3, -0.25) is 4.68 Å². The van der Waals surface area contributed by atoms with Crippen molar-refractivity contribution in [2.45, 2.75) is 12.6 Å². The van der Waals surface area contributed by atoms with Crippen LogP contribution in [0.4, 0.5) is 0 Å². The van der Waals surface area contributed by atoms with Gasteiger partial charge in [0.25, 0.3) is 0 Å². The molecule has 0 amide bonds. The van der Waals surface area contributed by atoms with Gasteiger partial charge in [0.2, 0.25) is 0 Å². The van der Waals surface area contributed by atoms with E-state index < -0.39 is 6.10 Å². The van der Waals surface area contributed by atoms with Crippen LogP contribution in [0.15, 0.2) is 20.5 Å². The Kier molecular flexibility index (Phi) is 5.84. The van der Waals surface area contributed by atoms with E-state index in [9.17, 15) is 5.11 Å². The van der Waals surface area contributed by atoms with Crippen LogP contribution in [0.25, 0.3) is 0 Å². The van der Waals surface area contributed by atoms with Crippen molar-refractivity contribution in [1.82, 2.24) is 14.7 Å². The highest BCUT2D eigenvalue weighted by Crippen LogP contribution is 2.39. The molecule has 0 aliphatic heterocycles. The predicted molar refractivity (Wildman–Crippen MR) is 91.1 cm³/mol. The Bertz CT molecular complexity index is 593. The number of hydrogen-bond acceptors (Lipinski definition) is 5. The summed E-state index contributed by atoms with van der Waals surface area (Å²) in [5.74, 6) is 0.599. The fourth-order valence-electron chi connectivity index (χ4n) is 1.92. The van der Waals surface area contributed by atoms with E-state index in [-0.39, 0.29) is 0 Å². The second-order valence-electron chi connectivity index (χ2n) is 4.80. The van der Waals surface area contributed by atoms with Crippen molar-refractivity contribution >= 4 is 43.2 Å². The summed E-state index contributed by atoms with van der Waals surface area (Å²) >= 11 is 8.38. The number of aromatic nitrogens is 2. The van der Waals surface area contributed by atoms with Gasteiger partial charge < -0.3 is 14.7 Å². The highest BCUT2D eigenvalue weighted by molar-refractivity contribution is 9.13. The molecule has 0 saturated carbocycles. The summed E-state index contributed by atoms with van der Waals surface area (Å²) in [6, 6.07) is 1.90. The van der Waals surface area contributed by atoms with E-state index in [1.54, 1.807) is 18.0 Å². The van der Waals surface area contributed by atoms with Crippen LogP contribution in [0.5, 0.6) is 5.75 Å². The molecular formula is C13H17Br2N3O2S. The van der Waals surface area contributed by atoms with Gasteiger partial charge in [-0.15, -0.1) is 11.3 Å². The Balaban J connectivity index is 2.33. The maximum absolute atomic E-state index is 10.7. The molecule has 5 nitrogen and oxygen atoms in total. The van der Waals surface area contributed by atoms with Crippen LogP contribution >= 0.6 is 43.2 Å².